The number of unbranched alkanes of at least 4 members (excludes halogenated alkanes) is 1. The van der Waals surface area contributed by atoms with Crippen LogP contribution in [0.2, 0.25) is 5.02 Å². The van der Waals surface area contributed by atoms with Gasteiger partial charge in [0, 0.05) is 23.8 Å². The van der Waals surface area contributed by atoms with Gasteiger partial charge < -0.3 is 19.8 Å². The molecule has 5 nitrogen and oxygen atoms in total. The molecule has 0 radical (unpaired) electrons. The minimum absolute atomic E-state index is 0.138. The molecular weight excluding hydrogens is 468 g/mol. The fourth-order valence-electron chi connectivity index (χ4n) is 5.06. The van der Waals surface area contributed by atoms with Gasteiger partial charge in [0.1, 0.15) is 5.75 Å². The third kappa shape index (κ3) is 6.10. The predicted octanol–water partition coefficient (Wildman–Crippen LogP) is 5.87. The Labute approximate surface area is 211 Å². The number of halogens is 1. The lowest BCUT2D eigenvalue weighted by molar-refractivity contribution is 0.0233. The van der Waals surface area contributed by atoms with Crippen LogP contribution in [0.15, 0.2) is 41.2 Å². The summed E-state index contributed by atoms with van der Waals surface area (Å²) in [6.45, 7) is 3.29. The van der Waals surface area contributed by atoms with Crippen LogP contribution >= 0.6 is 22.9 Å². The summed E-state index contributed by atoms with van der Waals surface area (Å²) in [5, 5.41) is 27.1. The summed E-state index contributed by atoms with van der Waals surface area (Å²) in [6.07, 6.45) is 7.70. The number of aromatic nitrogens is 1. The molecule has 1 saturated heterocycles. The second-order valence-corrected chi connectivity index (χ2v) is 10.7. The Morgan fingerprint density at radius 2 is 2.06 bits per heavy atom. The first-order chi connectivity index (χ1) is 16.5. The van der Waals surface area contributed by atoms with Crippen molar-refractivity contribution in [3.05, 3.63) is 57.4 Å². The molecule has 1 fully saturated rings. The first kappa shape index (κ1) is 25.4. The number of hydrogen-bond acceptors (Lipinski definition) is 6. The van der Waals surface area contributed by atoms with Gasteiger partial charge in [0.05, 0.1) is 23.8 Å². The van der Waals surface area contributed by atoms with Crippen molar-refractivity contribution in [2.75, 3.05) is 33.4 Å². The highest BCUT2D eigenvalue weighted by Crippen LogP contribution is 2.40. The number of rotatable bonds is 11. The van der Waals surface area contributed by atoms with Gasteiger partial charge in [-0.05, 0) is 111 Å². The highest BCUT2D eigenvalue weighted by molar-refractivity contribution is 7.07. The van der Waals surface area contributed by atoms with E-state index in [1.807, 2.05) is 18.2 Å². The van der Waals surface area contributed by atoms with Gasteiger partial charge in [-0.25, -0.2) is 0 Å². The van der Waals surface area contributed by atoms with Crippen LogP contribution in [0.4, 0.5) is 0 Å². The van der Waals surface area contributed by atoms with Crippen molar-refractivity contribution in [1.29, 1.82) is 0 Å². The molecule has 184 valence electrons. The standard InChI is InChI=1S/C27H35ClN2O3S/c1-33-21-5-6-24-22(16-21)26(23(28)17-29-24)25(32)7-9-27(19-31)10-13-30(14-11-27)12-3-2-4-20-8-15-34-18-20/h5-6,8,15-18,25,31-32H,2-4,7,9-14,19H2,1H3/t25-/m1/s1. The first-order valence-corrected chi connectivity index (χ1v) is 13.5. The summed E-state index contributed by atoms with van der Waals surface area (Å²) in [6, 6.07) is 7.83. The number of hydrogen-bond donors (Lipinski definition) is 2. The Morgan fingerprint density at radius 3 is 2.76 bits per heavy atom. The van der Waals surface area contributed by atoms with Crippen LogP contribution in [-0.4, -0.2) is 53.4 Å². The fraction of sp³-hybridized carbons (Fsp3) is 0.519. The zero-order chi connectivity index (χ0) is 24.0. The first-order valence-electron chi connectivity index (χ1n) is 12.2. The summed E-state index contributed by atoms with van der Waals surface area (Å²) >= 11 is 8.24. The Morgan fingerprint density at radius 1 is 1.24 bits per heavy atom. The Balaban J connectivity index is 1.31. The van der Waals surface area contributed by atoms with Crippen LogP contribution < -0.4 is 4.74 Å². The van der Waals surface area contributed by atoms with Crippen LogP contribution in [0.1, 0.15) is 55.8 Å². The summed E-state index contributed by atoms with van der Waals surface area (Å²) in [5.74, 6) is 0.708. The molecule has 3 heterocycles. The van der Waals surface area contributed by atoms with Crippen LogP contribution in [0.3, 0.4) is 0 Å². The molecule has 1 aliphatic rings. The Hall–Kier alpha value is -1.70. The van der Waals surface area contributed by atoms with E-state index in [1.165, 1.54) is 18.4 Å². The fourth-order valence-corrected chi connectivity index (χ4v) is 6.04. The van der Waals surface area contributed by atoms with Crippen LogP contribution in [0.5, 0.6) is 5.75 Å². The molecule has 1 aromatic carbocycles. The van der Waals surface area contributed by atoms with E-state index in [0.717, 1.165) is 56.2 Å². The van der Waals surface area contributed by atoms with Gasteiger partial charge in [0.25, 0.3) is 0 Å². The Bertz CT molecular complexity index is 1050. The van der Waals surface area contributed by atoms with E-state index in [0.29, 0.717) is 22.8 Å². The molecule has 0 unspecified atom stereocenters. The molecule has 7 heteroatoms. The van der Waals surface area contributed by atoms with Crippen molar-refractivity contribution in [2.45, 2.75) is 51.0 Å². The largest absolute Gasteiger partial charge is 0.497 e. The van der Waals surface area contributed by atoms with E-state index in [9.17, 15) is 10.2 Å². The smallest absolute Gasteiger partial charge is 0.119 e. The lowest BCUT2D eigenvalue weighted by Crippen LogP contribution is -2.42. The maximum absolute atomic E-state index is 11.1. The van der Waals surface area contributed by atoms with Crippen molar-refractivity contribution in [2.24, 2.45) is 5.41 Å². The van der Waals surface area contributed by atoms with E-state index in [-0.39, 0.29) is 12.0 Å². The van der Waals surface area contributed by atoms with Gasteiger partial charge in [0.2, 0.25) is 0 Å². The second kappa shape index (κ2) is 11.8. The lowest BCUT2D eigenvalue weighted by atomic mass is 9.74. The molecule has 2 N–H and O–H groups in total. The number of thiophene rings is 1. The molecule has 1 aliphatic heterocycles. The summed E-state index contributed by atoms with van der Waals surface area (Å²) < 4.78 is 5.36. The second-order valence-electron chi connectivity index (χ2n) is 9.55. The van der Waals surface area contributed by atoms with Gasteiger partial charge in [-0.15, -0.1) is 0 Å². The number of aliphatic hydroxyl groups is 2. The van der Waals surface area contributed by atoms with Gasteiger partial charge >= 0.3 is 0 Å². The molecule has 0 amide bonds. The van der Waals surface area contributed by atoms with E-state index in [4.69, 9.17) is 16.3 Å². The number of piperidine rings is 1. The van der Waals surface area contributed by atoms with Crippen molar-refractivity contribution in [3.63, 3.8) is 0 Å². The van der Waals surface area contributed by atoms with Crippen LogP contribution in [0, 0.1) is 5.41 Å². The summed E-state index contributed by atoms with van der Waals surface area (Å²) in [5.41, 5.74) is 2.79. The van der Waals surface area contributed by atoms with Crippen molar-refractivity contribution >= 4 is 33.8 Å². The molecular formula is C27H35ClN2O3S. The number of likely N-dealkylation sites (tertiary alicyclic amines) is 1. The van der Waals surface area contributed by atoms with E-state index >= 15 is 0 Å². The molecule has 1 atom stereocenters. The Kier molecular flexibility index (Phi) is 8.83. The number of nitrogens with zero attached hydrogens (tertiary/aromatic N) is 2. The summed E-state index contributed by atoms with van der Waals surface area (Å²) in [7, 11) is 1.62. The molecule has 3 aromatic rings. The molecule has 0 bridgehead atoms. The third-order valence-corrected chi connectivity index (χ3v) is 8.40. The quantitative estimate of drug-likeness (QED) is 0.321. The van der Waals surface area contributed by atoms with E-state index < -0.39 is 6.10 Å². The van der Waals surface area contributed by atoms with Gasteiger partial charge in [0.15, 0.2) is 0 Å². The van der Waals surface area contributed by atoms with Crippen LogP contribution in [-0.2, 0) is 6.42 Å². The number of benzene rings is 1. The number of pyridine rings is 1. The molecule has 34 heavy (non-hydrogen) atoms. The predicted molar refractivity (Wildman–Crippen MR) is 140 cm³/mol. The van der Waals surface area contributed by atoms with Crippen molar-refractivity contribution < 1.29 is 14.9 Å². The van der Waals surface area contributed by atoms with Crippen molar-refractivity contribution in [1.82, 2.24) is 9.88 Å². The van der Waals surface area contributed by atoms with Gasteiger partial charge in [-0.1, -0.05) is 11.6 Å². The highest BCUT2D eigenvalue weighted by Gasteiger charge is 2.34. The number of ether oxygens (including phenoxy) is 1. The number of aliphatic hydroxyl groups excluding tert-OH is 2. The summed E-state index contributed by atoms with van der Waals surface area (Å²) in [4.78, 5) is 6.91. The molecule has 0 spiro atoms. The zero-order valence-electron chi connectivity index (χ0n) is 19.9. The van der Waals surface area contributed by atoms with Crippen LogP contribution in [0.25, 0.3) is 10.9 Å². The van der Waals surface area contributed by atoms with Crippen molar-refractivity contribution in [3.8, 4) is 5.75 Å². The molecule has 0 aliphatic carbocycles. The van der Waals surface area contributed by atoms with Gasteiger partial charge in [-0.3, -0.25) is 4.98 Å². The zero-order valence-corrected chi connectivity index (χ0v) is 21.5. The molecule has 4 rings (SSSR count). The number of aryl methyl sites for hydroxylation is 1. The van der Waals surface area contributed by atoms with Gasteiger partial charge in [-0.2, -0.15) is 11.3 Å². The molecule has 0 saturated carbocycles. The maximum Gasteiger partial charge on any atom is 0.119 e. The average molecular weight is 503 g/mol. The lowest BCUT2D eigenvalue weighted by Gasteiger charge is -2.41. The minimum atomic E-state index is -0.719. The number of methoxy groups -OCH3 is 1. The minimum Gasteiger partial charge on any atom is -0.497 e. The normalized spacial score (nSPS) is 17.2. The van der Waals surface area contributed by atoms with E-state index in [1.54, 1.807) is 24.6 Å². The average Bonchev–Trinajstić information content (AvgIpc) is 3.39. The highest BCUT2D eigenvalue weighted by atomic mass is 35.5. The van der Waals surface area contributed by atoms with E-state index in [2.05, 4.69) is 26.7 Å². The molecule has 2 aromatic heterocycles. The third-order valence-electron chi connectivity index (χ3n) is 7.37. The SMILES string of the molecule is COc1ccc2ncc(Cl)c([C@H](O)CCC3(CO)CCN(CCCCc4ccsc4)CC3)c2c1. The number of fused-ring (bicyclic) bond motifs is 1. The maximum atomic E-state index is 11.1. The topological polar surface area (TPSA) is 65.8 Å². The monoisotopic (exact) mass is 502 g/mol.